The zero-order chi connectivity index (χ0) is 9.42. The molecule has 1 N–H and O–H groups in total. The number of carbonyl (C=O) groups is 1. The Hall–Kier alpha value is -1.01. The highest BCUT2D eigenvalue weighted by molar-refractivity contribution is 9.10. The Labute approximate surface area is 85.4 Å². The topological polar surface area (TPSA) is 63.1 Å². The fourth-order valence-corrected chi connectivity index (χ4v) is 2.63. The van der Waals surface area contributed by atoms with Crippen LogP contribution >= 0.6 is 27.3 Å². The monoisotopic (exact) mass is 258 g/mol. The van der Waals surface area contributed by atoms with E-state index in [2.05, 4.69) is 25.9 Å². The van der Waals surface area contributed by atoms with E-state index in [1.54, 1.807) is 6.20 Å². The first-order valence-electron chi connectivity index (χ1n) is 3.31. The third-order valence-electron chi connectivity index (χ3n) is 1.50. The van der Waals surface area contributed by atoms with Crippen LogP contribution in [-0.4, -0.2) is 21.0 Å². The maximum Gasteiger partial charge on any atom is 0.347 e. The second-order valence-electron chi connectivity index (χ2n) is 2.29. The Morgan fingerprint density at radius 2 is 2.38 bits per heavy atom. The molecule has 2 rings (SSSR count). The van der Waals surface area contributed by atoms with Crippen LogP contribution in [0.15, 0.2) is 17.0 Å². The van der Waals surface area contributed by atoms with Crippen LogP contribution in [0.1, 0.15) is 9.67 Å². The maximum atomic E-state index is 10.7. The molecule has 0 fully saturated rings. The van der Waals surface area contributed by atoms with Gasteiger partial charge in [-0.15, -0.1) is 11.3 Å². The van der Waals surface area contributed by atoms with Gasteiger partial charge in [-0.3, -0.25) is 0 Å². The molecule has 0 aromatic carbocycles. The molecule has 2 aromatic rings. The smallest absolute Gasteiger partial charge is 0.347 e. The first-order valence-corrected chi connectivity index (χ1v) is 4.92. The predicted molar refractivity (Wildman–Crippen MR) is 52.1 cm³/mol. The number of hydrogen-bond donors (Lipinski definition) is 1. The molecule has 0 aliphatic carbocycles. The SMILES string of the molecule is O=C(O)c1sc2ncncc2c1Br. The third kappa shape index (κ3) is 1.31. The molecule has 0 aliphatic heterocycles. The molecule has 0 saturated carbocycles. The largest absolute Gasteiger partial charge is 0.477 e. The van der Waals surface area contributed by atoms with Gasteiger partial charge in [-0.05, 0) is 15.9 Å². The van der Waals surface area contributed by atoms with Crippen molar-refractivity contribution in [1.82, 2.24) is 9.97 Å². The molecule has 6 heteroatoms. The van der Waals surface area contributed by atoms with Crippen LogP contribution in [-0.2, 0) is 0 Å². The Balaban J connectivity index is 2.81. The number of carboxylic acid groups (broad SMARTS) is 1. The normalized spacial score (nSPS) is 10.5. The van der Waals surface area contributed by atoms with Gasteiger partial charge in [0.05, 0.1) is 4.47 Å². The minimum Gasteiger partial charge on any atom is -0.477 e. The van der Waals surface area contributed by atoms with Gasteiger partial charge in [0.25, 0.3) is 0 Å². The Morgan fingerprint density at radius 3 is 3.00 bits per heavy atom. The van der Waals surface area contributed by atoms with Crippen molar-refractivity contribution >= 4 is 43.5 Å². The van der Waals surface area contributed by atoms with Crippen molar-refractivity contribution in [2.24, 2.45) is 0 Å². The summed E-state index contributed by atoms with van der Waals surface area (Å²) in [6.07, 6.45) is 2.99. The number of aromatic carboxylic acids is 1. The highest BCUT2D eigenvalue weighted by Crippen LogP contribution is 2.33. The predicted octanol–water partition coefficient (Wildman–Crippen LogP) is 2.15. The lowest BCUT2D eigenvalue weighted by Crippen LogP contribution is -1.91. The van der Waals surface area contributed by atoms with E-state index in [0.717, 1.165) is 16.7 Å². The van der Waals surface area contributed by atoms with Gasteiger partial charge in [0.15, 0.2) is 0 Å². The summed E-state index contributed by atoms with van der Waals surface area (Å²) in [6, 6.07) is 0. The molecule has 66 valence electrons. The van der Waals surface area contributed by atoms with Crippen molar-refractivity contribution in [2.75, 3.05) is 0 Å². The van der Waals surface area contributed by atoms with Crippen molar-refractivity contribution < 1.29 is 9.90 Å². The molecule has 0 spiro atoms. The number of aromatic nitrogens is 2. The molecule has 0 amide bonds. The fourth-order valence-electron chi connectivity index (χ4n) is 0.952. The lowest BCUT2D eigenvalue weighted by molar-refractivity contribution is 0.0701. The summed E-state index contributed by atoms with van der Waals surface area (Å²) in [5.74, 6) is -0.949. The van der Waals surface area contributed by atoms with Gasteiger partial charge in [0, 0.05) is 11.6 Å². The Morgan fingerprint density at radius 1 is 1.62 bits per heavy atom. The average molecular weight is 259 g/mol. The standard InChI is InChI=1S/C7H3BrN2O2S/c8-4-3-1-9-2-10-6(3)13-5(4)7(11)12/h1-2H,(H,11,12). The number of rotatable bonds is 1. The first-order chi connectivity index (χ1) is 6.20. The van der Waals surface area contributed by atoms with E-state index in [1.807, 2.05) is 0 Å². The average Bonchev–Trinajstić information content (AvgIpc) is 2.45. The van der Waals surface area contributed by atoms with E-state index in [4.69, 9.17) is 5.11 Å². The van der Waals surface area contributed by atoms with Gasteiger partial charge >= 0.3 is 5.97 Å². The van der Waals surface area contributed by atoms with Gasteiger partial charge in [-0.2, -0.15) is 0 Å². The van der Waals surface area contributed by atoms with Gasteiger partial charge in [-0.25, -0.2) is 14.8 Å². The van der Waals surface area contributed by atoms with Crippen LogP contribution in [0.4, 0.5) is 0 Å². The minimum atomic E-state index is -0.949. The summed E-state index contributed by atoms with van der Waals surface area (Å²) >= 11 is 4.34. The molecule has 2 aromatic heterocycles. The molecular formula is C7H3BrN2O2S. The molecule has 13 heavy (non-hydrogen) atoms. The Bertz CT molecular complexity index is 482. The van der Waals surface area contributed by atoms with E-state index in [1.165, 1.54) is 6.33 Å². The van der Waals surface area contributed by atoms with Gasteiger partial charge in [0.1, 0.15) is 16.0 Å². The molecule has 0 unspecified atom stereocenters. The molecule has 2 heterocycles. The maximum absolute atomic E-state index is 10.7. The van der Waals surface area contributed by atoms with Gasteiger partial charge < -0.3 is 5.11 Å². The number of halogens is 1. The van der Waals surface area contributed by atoms with Crippen LogP contribution in [0.25, 0.3) is 10.2 Å². The second-order valence-corrected chi connectivity index (χ2v) is 4.08. The molecule has 0 aliphatic rings. The highest BCUT2D eigenvalue weighted by atomic mass is 79.9. The van der Waals surface area contributed by atoms with E-state index in [9.17, 15) is 4.79 Å². The van der Waals surface area contributed by atoms with Crippen LogP contribution in [0.5, 0.6) is 0 Å². The molecular weight excluding hydrogens is 256 g/mol. The van der Waals surface area contributed by atoms with E-state index in [-0.39, 0.29) is 4.88 Å². The first kappa shape index (κ1) is 8.58. The van der Waals surface area contributed by atoms with E-state index in [0.29, 0.717) is 9.30 Å². The summed E-state index contributed by atoms with van der Waals surface area (Å²) in [5, 5.41) is 9.54. The highest BCUT2D eigenvalue weighted by Gasteiger charge is 2.15. The van der Waals surface area contributed by atoms with Crippen LogP contribution < -0.4 is 0 Å². The third-order valence-corrected chi connectivity index (χ3v) is 3.69. The van der Waals surface area contributed by atoms with Crippen LogP contribution in [0, 0.1) is 0 Å². The summed E-state index contributed by atoms with van der Waals surface area (Å²) in [5.41, 5.74) is 0. The number of nitrogens with zero attached hydrogens (tertiary/aromatic N) is 2. The van der Waals surface area contributed by atoms with Gasteiger partial charge in [0.2, 0.25) is 0 Å². The van der Waals surface area contributed by atoms with Crippen molar-refractivity contribution in [1.29, 1.82) is 0 Å². The summed E-state index contributed by atoms with van der Waals surface area (Å²) in [7, 11) is 0. The number of fused-ring (bicyclic) bond motifs is 1. The minimum absolute atomic E-state index is 0.260. The van der Waals surface area contributed by atoms with Crippen molar-refractivity contribution in [3.63, 3.8) is 0 Å². The molecule has 0 bridgehead atoms. The number of carboxylic acids is 1. The number of hydrogen-bond acceptors (Lipinski definition) is 4. The lowest BCUT2D eigenvalue weighted by atomic mass is 10.4. The summed E-state index contributed by atoms with van der Waals surface area (Å²) < 4.78 is 0.556. The lowest BCUT2D eigenvalue weighted by Gasteiger charge is -1.87. The molecule has 0 radical (unpaired) electrons. The number of thiophene rings is 1. The molecule has 0 atom stereocenters. The van der Waals surface area contributed by atoms with Crippen LogP contribution in [0.3, 0.4) is 0 Å². The van der Waals surface area contributed by atoms with Crippen molar-refractivity contribution in [2.45, 2.75) is 0 Å². The Kier molecular flexibility index (Phi) is 2.01. The van der Waals surface area contributed by atoms with Crippen molar-refractivity contribution in [3.8, 4) is 0 Å². The summed E-state index contributed by atoms with van der Waals surface area (Å²) in [4.78, 5) is 19.4. The van der Waals surface area contributed by atoms with E-state index >= 15 is 0 Å². The fraction of sp³-hybridized carbons (Fsp3) is 0. The van der Waals surface area contributed by atoms with E-state index < -0.39 is 5.97 Å². The summed E-state index contributed by atoms with van der Waals surface area (Å²) in [6.45, 7) is 0. The zero-order valence-electron chi connectivity index (χ0n) is 6.19. The van der Waals surface area contributed by atoms with Gasteiger partial charge in [-0.1, -0.05) is 0 Å². The zero-order valence-corrected chi connectivity index (χ0v) is 8.59. The molecule has 4 nitrogen and oxygen atoms in total. The quantitative estimate of drug-likeness (QED) is 0.852. The molecule has 0 saturated heterocycles. The van der Waals surface area contributed by atoms with Crippen LogP contribution in [0.2, 0.25) is 0 Å². The van der Waals surface area contributed by atoms with Crippen molar-refractivity contribution in [3.05, 3.63) is 21.9 Å². The second kappa shape index (κ2) is 3.04.